The lowest BCUT2D eigenvalue weighted by molar-refractivity contribution is 0.0684. The van der Waals surface area contributed by atoms with Crippen LogP contribution < -0.4 is 0 Å². The highest BCUT2D eigenvalue weighted by Crippen LogP contribution is 2.32. The first kappa shape index (κ1) is 16.0. The molecule has 0 saturated carbocycles. The van der Waals surface area contributed by atoms with Crippen molar-refractivity contribution in [2.75, 3.05) is 14.1 Å². The number of carboxylic acid groups (broad SMARTS) is 1. The standard InChI is InChI=1S/C10H10BrF2NO4S/c1-14(2)19(17,18)8-4-6(10(15)16)5(9(12)13)3-7(8)11/h3-4,9H,1-2H3,(H,15,16). The van der Waals surface area contributed by atoms with Crippen molar-refractivity contribution in [3.05, 3.63) is 27.7 Å². The van der Waals surface area contributed by atoms with E-state index in [2.05, 4.69) is 15.9 Å². The lowest BCUT2D eigenvalue weighted by Gasteiger charge is -2.15. The highest BCUT2D eigenvalue weighted by molar-refractivity contribution is 9.10. The predicted octanol–water partition coefficient (Wildman–Crippen LogP) is 2.34. The van der Waals surface area contributed by atoms with Crippen LogP contribution in [-0.4, -0.2) is 37.9 Å². The first-order valence-electron chi connectivity index (χ1n) is 4.86. The normalized spacial score (nSPS) is 12.2. The van der Waals surface area contributed by atoms with Crippen molar-refractivity contribution in [2.45, 2.75) is 11.3 Å². The van der Waals surface area contributed by atoms with Crippen LogP contribution in [0, 0.1) is 0 Å². The third-order valence-electron chi connectivity index (χ3n) is 2.33. The molecular formula is C10H10BrF2NO4S. The summed E-state index contributed by atoms with van der Waals surface area (Å²) in [5.41, 5.74) is -1.48. The predicted molar refractivity (Wildman–Crippen MR) is 66.9 cm³/mol. The van der Waals surface area contributed by atoms with Gasteiger partial charge in [-0.05, 0) is 28.1 Å². The van der Waals surface area contributed by atoms with Gasteiger partial charge in [-0.2, -0.15) is 0 Å². The second kappa shape index (κ2) is 5.51. The zero-order chi connectivity index (χ0) is 15.0. The Bertz CT molecular complexity index is 616. The average molecular weight is 358 g/mol. The molecule has 0 spiro atoms. The molecule has 0 radical (unpaired) electrons. The summed E-state index contributed by atoms with van der Waals surface area (Å²) in [7, 11) is -1.42. The number of aromatic carboxylic acids is 1. The Kier molecular flexibility index (Phi) is 4.64. The summed E-state index contributed by atoms with van der Waals surface area (Å²) < 4.78 is 50.0. The van der Waals surface area contributed by atoms with Gasteiger partial charge in [-0.15, -0.1) is 0 Å². The number of rotatable bonds is 4. The minimum absolute atomic E-state index is 0.110. The fourth-order valence-electron chi connectivity index (χ4n) is 1.33. The summed E-state index contributed by atoms with van der Waals surface area (Å²) in [6.07, 6.45) is -3.02. The van der Waals surface area contributed by atoms with Crippen molar-refractivity contribution in [3.8, 4) is 0 Å². The van der Waals surface area contributed by atoms with Gasteiger partial charge in [0.2, 0.25) is 10.0 Å². The molecule has 1 aromatic carbocycles. The van der Waals surface area contributed by atoms with Crippen molar-refractivity contribution in [1.82, 2.24) is 4.31 Å². The molecule has 106 valence electrons. The highest BCUT2D eigenvalue weighted by Gasteiger charge is 2.26. The van der Waals surface area contributed by atoms with Gasteiger partial charge < -0.3 is 5.11 Å². The van der Waals surface area contributed by atoms with Crippen LogP contribution in [0.2, 0.25) is 0 Å². The summed E-state index contributed by atoms with van der Waals surface area (Å²) in [5.74, 6) is -1.61. The first-order chi connectivity index (χ1) is 8.59. The molecule has 1 rings (SSSR count). The number of benzene rings is 1. The van der Waals surface area contributed by atoms with Crippen LogP contribution in [0.4, 0.5) is 8.78 Å². The summed E-state index contributed by atoms with van der Waals surface area (Å²) in [4.78, 5) is 10.6. The van der Waals surface area contributed by atoms with Gasteiger partial charge in [-0.3, -0.25) is 0 Å². The maximum atomic E-state index is 12.7. The van der Waals surface area contributed by atoms with Crippen molar-refractivity contribution in [3.63, 3.8) is 0 Å². The molecule has 0 atom stereocenters. The SMILES string of the molecule is CN(C)S(=O)(=O)c1cc(C(=O)O)c(C(F)F)cc1Br. The Hall–Kier alpha value is -1.06. The summed E-state index contributed by atoms with van der Waals surface area (Å²) in [6, 6.07) is 1.54. The van der Waals surface area contributed by atoms with Crippen molar-refractivity contribution >= 4 is 31.9 Å². The van der Waals surface area contributed by atoms with Crippen LogP contribution >= 0.6 is 15.9 Å². The van der Waals surface area contributed by atoms with Crippen LogP contribution in [0.3, 0.4) is 0 Å². The monoisotopic (exact) mass is 357 g/mol. The second-order valence-corrected chi connectivity index (χ2v) is 6.74. The van der Waals surface area contributed by atoms with Gasteiger partial charge >= 0.3 is 5.97 Å². The Labute approximate surface area is 117 Å². The molecule has 0 aromatic heterocycles. The van der Waals surface area contributed by atoms with Crippen LogP contribution in [0.25, 0.3) is 0 Å². The number of sulfonamides is 1. The molecule has 1 aromatic rings. The fourth-order valence-corrected chi connectivity index (χ4v) is 3.27. The third kappa shape index (κ3) is 3.10. The minimum Gasteiger partial charge on any atom is -0.478 e. The number of hydrogen-bond acceptors (Lipinski definition) is 3. The maximum Gasteiger partial charge on any atom is 0.336 e. The molecule has 0 aliphatic heterocycles. The van der Waals surface area contributed by atoms with Gasteiger partial charge in [0.05, 0.1) is 10.5 Å². The van der Waals surface area contributed by atoms with Gasteiger partial charge in [0.15, 0.2) is 0 Å². The van der Waals surface area contributed by atoms with E-state index in [-0.39, 0.29) is 9.37 Å². The lowest BCUT2D eigenvalue weighted by atomic mass is 10.1. The maximum absolute atomic E-state index is 12.7. The number of hydrogen-bond donors (Lipinski definition) is 1. The fraction of sp³-hybridized carbons (Fsp3) is 0.300. The van der Waals surface area contributed by atoms with E-state index in [1.807, 2.05) is 0 Å². The Morgan fingerprint density at radius 2 is 1.89 bits per heavy atom. The summed E-state index contributed by atoms with van der Waals surface area (Å²) >= 11 is 2.87. The largest absolute Gasteiger partial charge is 0.478 e. The highest BCUT2D eigenvalue weighted by atomic mass is 79.9. The van der Waals surface area contributed by atoms with Crippen molar-refractivity contribution in [2.24, 2.45) is 0 Å². The van der Waals surface area contributed by atoms with Crippen LogP contribution in [0.5, 0.6) is 0 Å². The van der Waals surface area contributed by atoms with Gasteiger partial charge in [-0.1, -0.05) is 0 Å². The molecule has 0 saturated heterocycles. The topological polar surface area (TPSA) is 74.7 Å². The molecule has 0 bridgehead atoms. The van der Waals surface area contributed by atoms with Crippen molar-refractivity contribution < 1.29 is 27.1 Å². The van der Waals surface area contributed by atoms with Gasteiger partial charge in [0.25, 0.3) is 6.43 Å². The van der Waals surface area contributed by atoms with Gasteiger partial charge in [-0.25, -0.2) is 26.3 Å². The lowest BCUT2D eigenvalue weighted by Crippen LogP contribution is -2.23. The number of carbonyl (C=O) groups is 1. The molecule has 5 nitrogen and oxygen atoms in total. The number of nitrogens with zero attached hydrogens (tertiary/aromatic N) is 1. The van der Waals surface area contributed by atoms with Gasteiger partial charge in [0.1, 0.15) is 0 Å². The number of halogens is 3. The Morgan fingerprint density at radius 3 is 2.26 bits per heavy atom. The molecule has 0 aliphatic rings. The quantitative estimate of drug-likeness (QED) is 0.897. The molecule has 19 heavy (non-hydrogen) atoms. The Morgan fingerprint density at radius 1 is 1.37 bits per heavy atom. The third-order valence-corrected chi connectivity index (χ3v) is 5.10. The van der Waals surface area contributed by atoms with E-state index in [4.69, 9.17) is 5.11 Å². The van der Waals surface area contributed by atoms with E-state index in [0.29, 0.717) is 0 Å². The van der Waals surface area contributed by atoms with Crippen LogP contribution in [0.15, 0.2) is 21.5 Å². The van der Waals surface area contributed by atoms with E-state index in [1.54, 1.807) is 0 Å². The molecular weight excluding hydrogens is 348 g/mol. The van der Waals surface area contributed by atoms with E-state index in [0.717, 1.165) is 16.4 Å². The molecule has 0 amide bonds. The zero-order valence-corrected chi connectivity index (χ0v) is 12.3. The minimum atomic E-state index is -3.93. The van der Waals surface area contributed by atoms with E-state index < -0.39 is 33.5 Å². The molecule has 0 unspecified atom stereocenters. The first-order valence-corrected chi connectivity index (χ1v) is 7.09. The number of alkyl halides is 2. The smallest absolute Gasteiger partial charge is 0.336 e. The summed E-state index contributed by atoms with van der Waals surface area (Å²) in [6.45, 7) is 0. The Balaban J connectivity index is 3.64. The summed E-state index contributed by atoms with van der Waals surface area (Å²) in [5, 5.41) is 8.88. The molecule has 0 aliphatic carbocycles. The molecule has 1 N–H and O–H groups in total. The van der Waals surface area contributed by atoms with Gasteiger partial charge in [0, 0.05) is 24.1 Å². The van der Waals surface area contributed by atoms with Crippen LogP contribution in [-0.2, 0) is 10.0 Å². The zero-order valence-electron chi connectivity index (χ0n) is 9.89. The average Bonchev–Trinajstić information content (AvgIpc) is 2.27. The van der Waals surface area contributed by atoms with Crippen molar-refractivity contribution in [1.29, 1.82) is 0 Å². The molecule has 0 fully saturated rings. The van der Waals surface area contributed by atoms with E-state index in [9.17, 15) is 22.0 Å². The van der Waals surface area contributed by atoms with E-state index in [1.165, 1.54) is 14.1 Å². The molecule has 0 heterocycles. The van der Waals surface area contributed by atoms with Crippen LogP contribution in [0.1, 0.15) is 22.3 Å². The second-order valence-electron chi connectivity index (χ2n) is 3.76. The molecule has 9 heteroatoms. The van der Waals surface area contributed by atoms with E-state index >= 15 is 0 Å². The number of carboxylic acids is 1.